The molecule has 3 rings (SSSR count). The van der Waals surface area contributed by atoms with Crippen LogP contribution < -0.4 is 4.74 Å². The Balaban J connectivity index is 1.70. The Morgan fingerprint density at radius 1 is 1.15 bits per heavy atom. The summed E-state index contributed by atoms with van der Waals surface area (Å²) in [5, 5.41) is 0.478. The minimum Gasteiger partial charge on any atom is -0.489 e. The predicted octanol–water partition coefficient (Wildman–Crippen LogP) is 5.37. The van der Waals surface area contributed by atoms with E-state index in [1.165, 1.54) is 4.90 Å². The van der Waals surface area contributed by atoms with E-state index in [4.69, 9.17) is 16.3 Å². The lowest BCUT2D eigenvalue weighted by atomic mass is 10.2. The van der Waals surface area contributed by atoms with Crippen molar-refractivity contribution in [2.75, 3.05) is 6.54 Å². The molecule has 1 aliphatic rings. The monoisotopic (exact) mass is 387 g/mol. The van der Waals surface area contributed by atoms with E-state index in [9.17, 15) is 9.59 Å². The van der Waals surface area contributed by atoms with Crippen LogP contribution in [-0.2, 0) is 11.4 Å². The Kier molecular flexibility index (Phi) is 6.01. The molecule has 26 heavy (non-hydrogen) atoms. The fourth-order valence-corrected chi connectivity index (χ4v) is 3.50. The minimum absolute atomic E-state index is 0.210. The number of nitrogens with zero attached hydrogens (tertiary/aromatic N) is 1. The number of carbonyl (C=O) groups excluding carboxylic acids is 2. The average molecular weight is 388 g/mol. The van der Waals surface area contributed by atoms with E-state index in [0.29, 0.717) is 28.8 Å². The first-order chi connectivity index (χ1) is 12.6. The molecule has 0 atom stereocenters. The van der Waals surface area contributed by atoms with Gasteiger partial charge in [-0.2, -0.15) is 0 Å². The van der Waals surface area contributed by atoms with Gasteiger partial charge in [-0.25, -0.2) is 0 Å². The first kappa shape index (κ1) is 18.5. The van der Waals surface area contributed by atoms with E-state index in [-0.39, 0.29) is 11.1 Å². The van der Waals surface area contributed by atoms with Gasteiger partial charge >= 0.3 is 0 Å². The van der Waals surface area contributed by atoms with E-state index >= 15 is 0 Å². The van der Waals surface area contributed by atoms with Crippen molar-refractivity contribution in [3.8, 4) is 5.75 Å². The molecule has 4 nitrogen and oxygen atoms in total. The zero-order valence-electron chi connectivity index (χ0n) is 14.3. The first-order valence-electron chi connectivity index (χ1n) is 8.29. The fraction of sp³-hybridized carbons (Fsp3) is 0.200. The molecule has 1 aliphatic heterocycles. The van der Waals surface area contributed by atoms with Crippen LogP contribution in [0.5, 0.6) is 5.75 Å². The molecule has 0 unspecified atom stereocenters. The van der Waals surface area contributed by atoms with Gasteiger partial charge in [-0.1, -0.05) is 42.8 Å². The van der Waals surface area contributed by atoms with Crippen molar-refractivity contribution in [2.24, 2.45) is 0 Å². The number of carbonyl (C=O) groups is 2. The highest BCUT2D eigenvalue weighted by atomic mass is 35.5. The molecule has 2 aromatic carbocycles. The van der Waals surface area contributed by atoms with Crippen molar-refractivity contribution in [2.45, 2.75) is 20.0 Å². The molecule has 1 fully saturated rings. The summed E-state index contributed by atoms with van der Waals surface area (Å²) >= 11 is 6.86. The molecule has 0 aromatic heterocycles. The Morgan fingerprint density at radius 2 is 1.92 bits per heavy atom. The second-order valence-corrected chi connectivity index (χ2v) is 7.25. The van der Waals surface area contributed by atoms with Crippen molar-refractivity contribution in [1.82, 2.24) is 4.90 Å². The van der Waals surface area contributed by atoms with E-state index in [1.54, 1.807) is 6.08 Å². The van der Waals surface area contributed by atoms with Crippen LogP contribution in [0.1, 0.15) is 24.5 Å². The van der Waals surface area contributed by atoms with Gasteiger partial charge in [-0.3, -0.25) is 14.5 Å². The maximum atomic E-state index is 12.3. The van der Waals surface area contributed by atoms with Crippen LogP contribution in [0.25, 0.3) is 6.08 Å². The fourth-order valence-electron chi connectivity index (χ4n) is 2.51. The molecule has 2 aromatic rings. The van der Waals surface area contributed by atoms with Crippen LogP contribution in [0.4, 0.5) is 4.79 Å². The maximum Gasteiger partial charge on any atom is 0.293 e. The zero-order chi connectivity index (χ0) is 18.5. The van der Waals surface area contributed by atoms with Crippen molar-refractivity contribution in [1.29, 1.82) is 0 Å². The summed E-state index contributed by atoms with van der Waals surface area (Å²) in [6.07, 6.45) is 2.48. The third kappa shape index (κ3) is 4.48. The first-order valence-corrected chi connectivity index (χ1v) is 9.49. The second kappa shape index (κ2) is 8.43. The maximum absolute atomic E-state index is 12.3. The van der Waals surface area contributed by atoms with Gasteiger partial charge in [0.15, 0.2) is 0 Å². The summed E-state index contributed by atoms with van der Waals surface area (Å²) in [6.45, 7) is 2.81. The third-order valence-electron chi connectivity index (χ3n) is 3.80. The molecule has 0 radical (unpaired) electrons. The molecule has 1 saturated heterocycles. The highest BCUT2D eigenvalue weighted by molar-refractivity contribution is 8.18. The van der Waals surface area contributed by atoms with E-state index in [0.717, 1.165) is 29.3 Å². The van der Waals surface area contributed by atoms with Crippen molar-refractivity contribution in [3.05, 3.63) is 69.6 Å². The topological polar surface area (TPSA) is 46.6 Å². The Bertz CT molecular complexity index is 848. The highest BCUT2D eigenvalue weighted by Crippen LogP contribution is 2.32. The summed E-state index contributed by atoms with van der Waals surface area (Å²) in [5.41, 5.74) is 1.83. The van der Waals surface area contributed by atoms with E-state index < -0.39 is 0 Å². The largest absolute Gasteiger partial charge is 0.489 e. The highest BCUT2D eigenvalue weighted by Gasteiger charge is 2.34. The lowest BCUT2D eigenvalue weighted by Crippen LogP contribution is -2.28. The Labute approximate surface area is 161 Å². The minimum atomic E-state index is -0.227. The van der Waals surface area contributed by atoms with Gasteiger partial charge in [0, 0.05) is 11.6 Å². The average Bonchev–Trinajstić information content (AvgIpc) is 2.89. The van der Waals surface area contributed by atoms with Crippen LogP contribution in [0.15, 0.2) is 53.4 Å². The molecular weight excluding hydrogens is 370 g/mol. The quantitative estimate of drug-likeness (QED) is 0.625. The Hall–Kier alpha value is -2.24. The summed E-state index contributed by atoms with van der Waals surface area (Å²) < 4.78 is 5.80. The SMILES string of the molecule is CCCN1C(=O)S/C(=C/c2cccc(OCc3ccc(Cl)cc3)c2)C1=O. The molecule has 0 spiro atoms. The zero-order valence-corrected chi connectivity index (χ0v) is 15.8. The second-order valence-electron chi connectivity index (χ2n) is 5.82. The molecule has 0 N–H and O–H groups in total. The third-order valence-corrected chi connectivity index (χ3v) is 4.95. The van der Waals surface area contributed by atoms with Gasteiger partial charge in [0.25, 0.3) is 11.1 Å². The number of hydrogen-bond acceptors (Lipinski definition) is 4. The standard InChI is InChI=1S/C20H18ClNO3S/c1-2-10-22-19(23)18(26-20(22)24)12-15-4-3-5-17(11-15)25-13-14-6-8-16(21)9-7-14/h3-9,11-12H,2,10,13H2,1H3/b18-12+. The summed E-state index contributed by atoms with van der Waals surface area (Å²) in [6, 6.07) is 14.9. The van der Waals surface area contributed by atoms with Gasteiger partial charge < -0.3 is 4.74 Å². The molecule has 1 heterocycles. The normalized spacial score (nSPS) is 15.8. The van der Waals surface area contributed by atoms with Crippen LogP contribution in [0, 0.1) is 0 Å². The van der Waals surface area contributed by atoms with Crippen molar-refractivity contribution < 1.29 is 14.3 Å². The smallest absolute Gasteiger partial charge is 0.293 e. The number of ether oxygens (including phenoxy) is 1. The van der Waals surface area contributed by atoms with Gasteiger partial charge in [0.05, 0.1) is 4.91 Å². The summed E-state index contributed by atoms with van der Waals surface area (Å²) in [7, 11) is 0. The van der Waals surface area contributed by atoms with Crippen LogP contribution in [-0.4, -0.2) is 22.6 Å². The van der Waals surface area contributed by atoms with Crippen molar-refractivity contribution in [3.63, 3.8) is 0 Å². The molecule has 2 amide bonds. The summed E-state index contributed by atoms with van der Waals surface area (Å²) in [5.74, 6) is 0.468. The number of hydrogen-bond donors (Lipinski definition) is 0. The van der Waals surface area contributed by atoms with Gasteiger partial charge in [-0.15, -0.1) is 0 Å². The lowest BCUT2D eigenvalue weighted by molar-refractivity contribution is -0.122. The predicted molar refractivity (Wildman–Crippen MR) is 105 cm³/mol. The lowest BCUT2D eigenvalue weighted by Gasteiger charge is -2.09. The van der Waals surface area contributed by atoms with Crippen LogP contribution in [0.2, 0.25) is 5.02 Å². The molecule has 134 valence electrons. The van der Waals surface area contributed by atoms with Gasteiger partial charge in [0.2, 0.25) is 0 Å². The number of thioether (sulfide) groups is 1. The number of amides is 2. The molecule has 0 bridgehead atoms. The molecule has 6 heteroatoms. The Morgan fingerprint density at radius 3 is 2.65 bits per heavy atom. The molecule has 0 saturated carbocycles. The van der Waals surface area contributed by atoms with Crippen LogP contribution in [0.3, 0.4) is 0 Å². The van der Waals surface area contributed by atoms with E-state index in [1.807, 2.05) is 55.5 Å². The van der Waals surface area contributed by atoms with Crippen LogP contribution >= 0.6 is 23.4 Å². The summed E-state index contributed by atoms with van der Waals surface area (Å²) in [4.78, 5) is 26.0. The van der Waals surface area contributed by atoms with Gasteiger partial charge in [0.1, 0.15) is 12.4 Å². The number of benzene rings is 2. The number of imide groups is 1. The van der Waals surface area contributed by atoms with Gasteiger partial charge in [-0.05, 0) is 59.7 Å². The van der Waals surface area contributed by atoms with E-state index in [2.05, 4.69) is 0 Å². The molecule has 0 aliphatic carbocycles. The number of halogens is 1. The number of rotatable bonds is 6. The van der Waals surface area contributed by atoms with Crippen molar-refractivity contribution >= 4 is 40.6 Å². The molecular formula is C20H18ClNO3S.